The highest BCUT2D eigenvalue weighted by atomic mass is 79.9. The molecule has 1 amide bonds. The maximum atomic E-state index is 13.7. The number of nitrogen functional groups attached to an aromatic ring is 1. The van der Waals surface area contributed by atoms with E-state index in [1.54, 1.807) is 18.2 Å². The zero-order valence-electron chi connectivity index (χ0n) is 10.5. The summed E-state index contributed by atoms with van der Waals surface area (Å²) >= 11 is 9.08. The average molecular weight is 358 g/mol. The Labute approximate surface area is 129 Å². The largest absolute Gasteiger partial charge is 0.397 e. The molecule has 0 heterocycles. The van der Waals surface area contributed by atoms with Crippen molar-refractivity contribution in [2.45, 2.75) is 0 Å². The van der Waals surface area contributed by atoms with Crippen molar-refractivity contribution in [1.82, 2.24) is 0 Å². The van der Waals surface area contributed by atoms with Crippen LogP contribution in [0.5, 0.6) is 0 Å². The van der Waals surface area contributed by atoms with Crippen LogP contribution < -0.4 is 10.6 Å². The van der Waals surface area contributed by atoms with Gasteiger partial charge in [-0.2, -0.15) is 0 Å². The van der Waals surface area contributed by atoms with Crippen molar-refractivity contribution in [2.24, 2.45) is 0 Å². The van der Waals surface area contributed by atoms with Crippen LogP contribution in [0.15, 0.2) is 40.9 Å². The minimum Gasteiger partial charge on any atom is -0.397 e. The molecule has 0 aliphatic heterocycles. The Kier molecular flexibility index (Phi) is 4.30. The first-order valence-electron chi connectivity index (χ1n) is 5.68. The van der Waals surface area contributed by atoms with Crippen molar-refractivity contribution in [1.29, 1.82) is 0 Å². The second-order valence-corrected chi connectivity index (χ2v) is 5.54. The van der Waals surface area contributed by atoms with Gasteiger partial charge in [0.05, 0.1) is 16.9 Å². The van der Waals surface area contributed by atoms with E-state index in [9.17, 15) is 9.18 Å². The summed E-state index contributed by atoms with van der Waals surface area (Å²) in [7, 11) is 1.53. The molecule has 6 heteroatoms. The summed E-state index contributed by atoms with van der Waals surface area (Å²) in [4.78, 5) is 13.6. The second-order valence-electron chi connectivity index (χ2n) is 4.19. The van der Waals surface area contributed by atoms with Crippen molar-refractivity contribution in [3.05, 3.63) is 57.3 Å². The molecule has 0 aliphatic rings. The normalized spacial score (nSPS) is 10.4. The Morgan fingerprint density at radius 1 is 1.30 bits per heavy atom. The third kappa shape index (κ3) is 2.94. The van der Waals surface area contributed by atoms with Gasteiger partial charge in [0.25, 0.3) is 5.91 Å². The molecule has 0 radical (unpaired) electrons. The molecule has 2 aromatic carbocycles. The smallest absolute Gasteiger partial charge is 0.261 e. The van der Waals surface area contributed by atoms with E-state index in [2.05, 4.69) is 15.9 Å². The quantitative estimate of drug-likeness (QED) is 0.823. The molecule has 3 nitrogen and oxygen atoms in total. The van der Waals surface area contributed by atoms with Gasteiger partial charge >= 0.3 is 0 Å². The monoisotopic (exact) mass is 356 g/mol. The molecule has 0 spiro atoms. The van der Waals surface area contributed by atoms with Crippen LogP contribution >= 0.6 is 27.5 Å². The summed E-state index contributed by atoms with van der Waals surface area (Å²) in [6, 6.07) is 8.96. The maximum Gasteiger partial charge on any atom is 0.261 e. The summed E-state index contributed by atoms with van der Waals surface area (Å²) in [6.45, 7) is 0. The van der Waals surface area contributed by atoms with E-state index >= 15 is 0 Å². The average Bonchev–Trinajstić information content (AvgIpc) is 2.40. The van der Waals surface area contributed by atoms with Crippen LogP contribution in [-0.2, 0) is 0 Å². The Hall–Kier alpha value is -1.59. The van der Waals surface area contributed by atoms with E-state index in [1.165, 1.54) is 24.1 Å². The van der Waals surface area contributed by atoms with Crippen molar-refractivity contribution in [3.63, 3.8) is 0 Å². The summed E-state index contributed by atoms with van der Waals surface area (Å²) < 4.78 is 14.5. The zero-order chi connectivity index (χ0) is 14.9. The van der Waals surface area contributed by atoms with Crippen molar-refractivity contribution >= 4 is 44.8 Å². The van der Waals surface area contributed by atoms with Crippen LogP contribution in [0.2, 0.25) is 5.02 Å². The number of nitrogens with zero attached hydrogens (tertiary/aromatic N) is 1. The van der Waals surface area contributed by atoms with Gasteiger partial charge in [-0.1, -0.05) is 27.5 Å². The van der Waals surface area contributed by atoms with Crippen LogP contribution in [-0.4, -0.2) is 13.0 Å². The summed E-state index contributed by atoms with van der Waals surface area (Å²) in [5, 5.41) is 0.298. The van der Waals surface area contributed by atoms with Crippen molar-refractivity contribution in [3.8, 4) is 0 Å². The number of anilines is 2. The van der Waals surface area contributed by atoms with E-state index in [0.29, 0.717) is 16.4 Å². The standard InChI is InChI=1S/C14H11BrClFN2O/c1-19(13-5-2-8(15)6-12(13)18)14(20)10-7-9(16)3-4-11(10)17/h2-7H,18H2,1H3. The molecule has 0 fully saturated rings. The number of rotatable bonds is 2. The second kappa shape index (κ2) is 5.81. The van der Waals surface area contributed by atoms with Crippen LogP contribution in [0.4, 0.5) is 15.8 Å². The molecule has 0 atom stereocenters. The van der Waals surface area contributed by atoms with E-state index in [-0.39, 0.29) is 5.56 Å². The third-order valence-electron chi connectivity index (χ3n) is 2.81. The number of benzene rings is 2. The molecule has 0 unspecified atom stereocenters. The number of carbonyl (C=O) groups is 1. The van der Waals surface area contributed by atoms with Crippen LogP contribution in [0, 0.1) is 5.82 Å². The fraction of sp³-hybridized carbons (Fsp3) is 0.0714. The highest BCUT2D eigenvalue weighted by molar-refractivity contribution is 9.10. The minimum atomic E-state index is -0.623. The predicted molar refractivity (Wildman–Crippen MR) is 82.7 cm³/mol. The lowest BCUT2D eigenvalue weighted by Gasteiger charge is -2.19. The lowest BCUT2D eigenvalue weighted by molar-refractivity contribution is 0.0989. The molecule has 0 saturated heterocycles. The number of amides is 1. The summed E-state index contributed by atoms with van der Waals surface area (Å²) in [6.07, 6.45) is 0. The Morgan fingerprint density at radius 3 is 2.65 bits per heavy atom. The molecule has 104 valence electrons. The third-order valence-corrected chi connectivity index (χ3v) is 3.54. The Morgan fingerprint density at radius 2 is 2.00 bits per heavy atom. The number of carbonyl (C=O) groups excluding carboxylic acids is 1. The van der Waals surface area contributed by atoms with Crippen LogP contribution in [0.3, 0.4) is 0 Å². The van der Waals surface area contributed by atoms with Gasteiger partial charge in [-0.3, -0.25) is 4.79 Å². The van der Waals surface area contributed by atoms with Gasteiger partial charge in [0.1, 0.15) is 5.82 Å². The van der Waals surface area contributed by atoms with Gasteiger partial charge in [-0.15, -0.1) is 0 Å². The lowest BCUT2D eigenvalue weighted by Crippen LogP contribution is -2.27. The maximum absolute atomic E-state index is 13.7. The SMILES string of the molecule is CN(C(=O)c1cc(Cl)ccc1F)c1ccc(Br)cc1N. The van der Waals surface area contributed by atoms with Gasteiger partial charge in [-0.05, 0) is 36.4 Å². The molecule has 2 N–H and O–H groups in total. The first kappa shape index (κ1) is 14.8. The van der Waals surface area contributed by atoms with Crippen LogP contribution in [0.1, 0.15) is 10.4 Å². The molecule has 0 bridgehead atoms. The molecular formula is C14H11BrClFN2O. The highest BCUT2D eigenvalue weighted by Crippen LogP contribution is 2.27. The van der Waals surface area contributed by atoms with Gasteiger partial charge in [0.15, 0.2) is 0 Å². The number of hydrogen-bond donors (Lipinski definition) is 1. The number of nitrogens with two attached hydrogens (primary N) is 1. The summed E-state index contributed by atoms with van der Waals surface area (Å²) in [5.41, 5.74) is 6.68. The molecule has 0 aliphatic carbocycles. The van der Waals surface area contributed by atoms with Gasteiger partial charge < -0.3 is 10.6 Å². The molecule has 0 aromatic heterocycles. The first-order valence-corrected chi connectivity index (χ1v) is 6.85. The molecular weight excluding hydrogens is 347 g/mol. The molecule has 2 rings (SSSR count). The highest BCUT2D eigenvalue weighted by Gasteiger charge is 2.19. The van der Waals surface area contributed by atoms with E-state index < -0.39 is 11.7 Å². The van der Waals surface area contributed by atoms with E-state index in [4.69, 9.17) is 17.3 Å². The van der Waals surface area contributed by atoms with Crippen molar-refractivity contribution in [2.75, 3.05) is 17.7 Å². The Balaban J connectivity index is 2.40. The van der Waals surface area contributed by atoms with E-state index in [0.717, 1.165) is 10.5 Å². The fourth-order valence-electron chi connectivity index (χ4n) is 1.78. The molecule has 0 saturated carbocycles. The zero-order valence-corrected chi connectivity index (χ0v) is 12.9. The van der Waals surface area contributed by atoms with Gasteiger partial charge in [-0.25, -0.2) is 4.39 Å². The number of halogens is 3. The van der Waals surface area contributed by atoms with Crippen molar-refractivity contribution < 1.29 is 9.18 Å². The number of hydrogen-bond acceptors (Lipinski definition) is 2. The van der Waals surface area contributed by atoms with E-state index in [1.807, 2.05) is 0 Å². The predicted octanol–water partition coefficient (Wildman–Crippen LogP) is 4.10. The van der Waals surface area contributed by atoms with Gasteiger partial charge in [0, 0.05) is 16.5 Å². The lowest BCUT2D eigenvalue weighted by atomic mass is 10.1. The fourth-order valence-corrected chi connectivity index (χ4v) is 2.33. The molecule has 2 aromatic rings. The molecule has 20 heavy (non-hydrogen) atoms. The van der Waals surface area contributed by atoms with Gasteiger partial charge in [0.2, 0.25) is 0 Å². The topological polar surface area (TPSA) is 46.3 Å². The minimum absolute atomic E-state index is 0.0951. The Bertz CT molecular complexity index is 678. The first-order chi connectivity index (χ1) is 9.40. The summed E-state index contributed by atoms with van der Waals surface area (Å²) in [5.74, 6) is -1.14. The van der Waals surface area contributed by atoms with Crippen LogP contribution in [0.25, 0.3) is 0 Å².